The van der Waals surface area contributed by atoms with Gasteiger partial charge in [0.2, 0.25) is 11.8 Å². The molecule has 2 aromatic rings. The van der Waals surface area contributed by atoms with Crippen molar-refractivity contribution in [2.24, 2.45) is 0 Å². The van der Waals surface area contributed by atoms with Gasteiger partial charge >= 0.3 is 0 Å². The number of anilines is 2. The number of pyridine rings is 1. The maximum atomic E-state index is 13.0. The number of nitrogens with two attached hydrogens (primary N) is 1. The van der Waals surface area contributed by atoms with E-state index in [1.54, 1.807) is 6.07 Å². The van der Waals surface area contributed by atoms with Gasteiger partial charge in [-0.2, -0.15) is 10.5 Å². The van der Waals surface area contributed by atoms with Crippen molar-refractivity contribution in [2.75, 3.05) is 10.6 Å². The molecule has 2 N–H and O–H groups in total. The number of nitriles is 2. The number of nitrogen functional groups attached to an aromatic ring is 1. The molecule has 1 aromatic carbocycles. The lowest BCUT2D eigenvalue weighted by molar-refractivity contribution is -0.121. The highest BCUT2D eigenvalue weighted by atomic mass is 32.2. The van der Waals surface area contributed by atoms with Crippen molar-refractivity contribution in [1.29, 1.82) is 10.5 Å². The van der Waals surface area contributed by atoms with E-state index in [0.29, 0.717) is 16.3 Å². The lowest BCUT2D eigenvalue weighted by Crippen LogP contribution is -2.31. The molecule has 0 bridgehead atoms. The number of benzene rings is 1. The van der Waals surface area contributed by atoms with Gasteiger partial charge in [0.15, 0.2) is 0 Å². The Hall–Kier alpha value is -3.36. The van der Waals surface area contributed by atoms with Crippen LogP contribution >= 0.6 is 11.8 Å². The summed E-state index contributed by atoms with van der Waals surface area (Å²) in [6, 6.07) is 9.66. The zero-order valence-electron chi connectivity index (χ0n) is 16.6. The van der Waals surface area contributed by atoms with Crippen LogP contribution in [-0.4, -0.2) is 22.0 Å². The van der Waals surface area contributed by atoms with E-state index in [9.17, 15) is 20.1 Å². The fourth-order valence-electron chi connectivity index (χ4n) is 3.66. The molecule has 2 amide bonds. The topological polar surface area (TPSA) is 124 Å². The van der Waals surface area contributed by atoms with E-state index in [1.165, 1.54) is 4.90 Å². The molecule has 1 atom stereocenters. The Morgan fingerprint density at radius 3 is 2.43 bits per heavy atom. The van der Waals surface area contributed by atoms with E-state index in [4.69, 9.17) is 5.73 Å². The molecule has 7 nitrogen and oxygen atoms in total. The quantitative estimate of drug-likeness (QED) is 0.757. The number of aromatic nitrogens is 1. The zero-order valence-corrected chi connectivity index (χ0v) is 17.4. The average molecular weight is 417 g/mol. The molecular formula is C22H19N5O2S. The summed E-state index contributed by atoms with van der Waals surface area (Å²) in [4.78, 5) is 31.1. The van der Waals surface area contributed by atoms with E-state index in [2.05, 4.69) is 17.1 Å². The first-order valence-corrected chi connectivity index (χ1v) is 10.5. The first-order chi connectivity index (χ1) is 14.3. The number of aryl methyl sites for hydroxylation is 2. The Balaban J connectivity index is 1.68. The molecule has 2 heterocycles. The molecule has 0 radical (unpaired) electrons. The number of hydrogen-bond acceptors (Lipinski definition) is 7. The minimum Gasteiger partial charge on any atom is -0.383 e. The van der Waals surface area contributed by atoms with Crippen LogP contribution in [-0.2, 0) is 9.59 Å². The van der Waals surface area contributed by atoms with Crippen LogP contribution in [0.4, 0.5) is 11.5 Å². The fourth-order valence-corrected chi connectivity index (χ4v) is 4.78. The summed E-state index contributed by atoms with van der Waals surface area (Å²) >= 11 is 1.08. The Kier molecular flexibility index (Phi) is 4.97. The van der Waals surface area contributed by atoms with Crippen LogP contribution in [0.5, 0.6) is 0 Å². The summed E-state index contributed by atoms with van der Waals surface area (Å²) in [5.41, 5.74) is 9.75. The van der Waals surface area contributed by atoms with Gasteiger partial charge in [0.25, 0.3) is 0 Å². The molecule has 1 aliphatic carbocycles. The van der Waals surface area contributed by atoms with Crippen LogP contribution in [0.1, 0.15) is 53.0 Å². The van der Waals surface area contributed by atoms with E-state index in [1.807, 2.05) is 26.0 Å². The SMILES string of the molecule is Cc1ccc(N2C(=O)CC(Sc3nc(N)c(C#N)c(C4CC4)c3C#N)C2=O)cc1C. The highest BCUT2D eigenvalue weighted by Crippen LogP contribution is 2.46. The predicted molar refractivity (Wildman–Crippen MR) is 113 cm³/mol. The lowest BCUT2D eigenvalue weighted by atomic mass is 10.0. The molecule has 1 aliphatic heterocycles. The first kappa shape index (κ1) is 19.9. The van der Waals surface area contributed by atoms with Crippen molar-refractivity contribution >= 4 is 35.1 Å². The molecule has 1 unspecified atom stereocenters. The number of imide groups is 1. The number of thioether (sulfide) groups is 1. The minimum absolute atomic E-state index is 0.0155. The second-order valence-electron chi connectivity index (χ2n) is 7.61. The Morgan fingerprint density at radius 2 is 1.83 bits per heavy atom. The second kappa shape index (κ2) is 7.47. The van der Waals surface area contributed by atoms with Crippen molar-refractivity contribution in [3.8, 4) is 12.1 Å². The molecule has 30 heavy (non-hydrogen) atoms. The highest BCUT2D eigenvalue weighted by Gasteiger charge is 2.42. The van der Waals surface area contributed by atoms with E-state index in [-0.39, 0.29) is 41.1 Å². The molecule has 4 rings (SSSR count). The van der Waals surface area contributed by atoms with Gasteiger partial charge in [-0.3, -0.25) is 9.59 Å². The van der Waals surface area contributed by atoms with Crippen molar-refractivity contribution in [2.45, 2.75) is 49.3 Å². The average Bonchev–Trinajstić information content (AvgIpc) is 3.50. The van der Waals surface area contributed by atoms with Gasteiger partial charge in [0.05, 0.1) is 22.1 Å². The second-order valence-corrected chi connectivity index (χ2v) is 8.80. The third-order valence-corrected chi connectivity index (χ3v) is 6.72. The van der Waals surface area contributed by atoms with E-state index < -0.39 is 5.25 Å². The molecule has 1 aromatic heterocycles. The number of rotatable bonds is 4. The summed E-state index contributed by atoms with van der Waals surface area (Å²) in [6.07, 6.45) is 1.79. The Morgan fingerprint density at radius 1 is 1.13 bits per heavy atom. The molecule has 1 saturated heterocycles. The van der Waals surface area contributed by atoms with Crippen LogP contribution < -0.4 is 10.6 Å². The minimum atomic E-state index is -0.696. The van der Waals surface area contributed by atoms with Gasteiger partial charge in [-0.05, 0) is 61.4 Å². The van der Waals surface area contributed by atoms with Gasteiger partial charge < -0.3 is 5.73 Å². The van der Waals surface area contributed by atoms with Gasteiger partial charge in [-0.1, -0.05) is 17.8 Å². The Labute approximate surface area is 178 Å². The van der Waals surface area contributed by atoms with E-state index in [0.717, 1.165) is 35.7 Å². The third-order valence-electron chi connectivity index (χ3n) is 5.55. The first-order valence-electron chi connectivity index (χ1n) is 9.60. The number of hydrogen-bond donors (Lipinski definition) is 1. The molecule has 1 saturated carbocycles. The number of carbonyl (C=O) groups is 2. The Bertz CT molecular complexity index is 1170. The molecule has 8 heteroatoms. The van der Waals surface area contributed by atoms with Crippen LogP contribution in [0, 0.1) is 36.5 Å². The molecule has 2 aliphatic rings. The fraction of sp³-hybridized carbons (Fsp3) is 0.318. The van der Waals surface area contributed by atoms with Gasteiger partial charge in [0.1, 0.15) is 23.0 Å². The smallest absolute Gasteiger partial charge is 0.247 e. The van der Waals surface area contributed by atoms with Crippen molar-refractivity contribution in [3.63, 3.8) is 0 Å². The summed E-state index contributed by atoms with van der Waals surface area (Å²) in [6.45, 7) is 3.89. The lowest BCUT2D eigenvalue weighted by Gasteiger charge is -2.17. The van der Waals surface area contributed by atoms with Crippen molar-refractivity contribution in [1.82, 2.24) is 4.98 Å². The highest BCUT2D eigenvalue weighted by molar-refractivity contribution is 8.00. The molecule has 2 fully saturated rings. The van der Waals surface area contributed by atoms with Gasteiger partial charge in [-0.25, -0.2) is 9.88 Å². The number of amides is 2. The molecule has 0 spiro atoms. The largest absolute Gasteiger partial charge is 0.383 e. The van der Waals surface area contributed by atoms with Gasteiger partial charge in [-0.15, -0.1) is 0 Å². The molecule has 150 valence electrons. The maximum absolute atomic E-state index is 13.0. The summed E-state index contributed by atoms with van der Waals surface area (Å²) < 4.78 is 0. The van der Waals surface area contributed by atoms with E-state index >= 15 is 0 Å². The van der Waals surface area contributed by atoms with Crippen LogP contribution in [0.2, 0.25) is 0 Å². The summed E-state index contributed by atoms with van der Waals surface area (Å²) in [5.74, 6) is -0.450. The monoisotopic (exact) mass is 417 g/mol. The zero-order chi connectivity index (χ0) is 21.6. The van der Waals surface area contributed by atoms with Crippen LogP contribution in [0.15, 0.2) is 23.2 Å². The van der Waals surface area contributed by atoms with Crippen molar-refractivity contribution < 1.29 is 9.59 Å². The van der Waals surface area contributed by atoms with Crippen molar-refractivity contribution in [3.05, 3.63) is 46.0 Å². The molecular weight excluding hydrogens is 398 g/mol. The van der Waals surface area contributed by atoms with Crippen LogP contribution in [0.25, 0.3) is 0 Å². The standard InChI is InChI=1S/C22H19N5O2S/c1-11-3-6-14(7-12(11)2)27-18(28)8-17(22(27)29)30-21-16(10-24)19(13-4-5-13)15(9-23)20(25)26-21/h3,6-7,13,17H,4-5,8H2,1-2H3,(H2,25,26). The third kappa shape index (κ3) is 3.30. The number of nitrogens with zero attached hydrogens (tertiary/aromatic N) is 4. The van der Waals surface area contributed by atoms with Crippen LogP contribution in [0.3, 0.4) is 0 Å². The maximum Gasteiger partial charge on any atom is 0.247 e. The number of carbonyl (C=O) groups excluding carboxylic acids is 2. The normalized spacial score (nSPS) is 18.4. The summed E-state index contributed by atoms with van der Waals surface area (Å²) in [5, 5.41) is 18.8. The summed E-state index contributed by atoms with van der Waals surface area (Å²) in [7, 11) is 0. The predicted octanol–water partition coefficient (Wildman–Crippen LogP) is 3.33. The van der Waals surface area contributed by atoms with Gasteiger partial charge in [0, 0.05) is 6.42 Å².